The van der Waals surface area contributed by atoms with Gasteiger partial charge in [-0.1, -0.05) is 6.08 Å². The molecule has 230 valence electrons. The van der Waals surface area contributed by atoms with E-state index in [2.05, 4.69) is 34.1 Å². The molecule has 1 aromatic carbocycles. The van der Waals surface area contributed by atoms with Crippen LogP contribution in [0.4, 0.5) is 24.8 Å². The molecular weight excluding hydrogens is 559 g/mol. The van der Waals surface area contributed by atoms with Crippen LogP contribution in [0.25, 0.3) is 11.2 Å². The van der Waals surface area contributed by atoms with Gasteiger partial charge in [0.15, 0.2) is 5.65 Å². The number of carbonyl (C=O) groups is 2. The minimum Gasteiger partial charge on any atom is -0.339 e. The summed E-state index contributed by atoms with van der Waals surface area (Å²) >= 11 is 0. The highest BCUT2D eigenvalue weighted by Gasteiger charge is 2.30. The molecule has 0 spiro atoms. The number of fused-ring (bicyclic) bond motifs is 1. The fourth-order valence-electron chi connectivity index (χ4n) is 5.74. The molecule has 1 N–H and O–H groups in total. The van der Waals surface area contributed by atoms with Crippen LogP contribution in [0.5, 0.6) is 0 Å². The van der Waals surface area contributed by atoms with E-state index in [-0.39, 0.29) is 18.5 Å². The number of alkyl halides is 3. The van der Waals surface area contributed by atoms with Gasteiger partial charge in [0, 0.05) is 74.7 Å². The first-order valence-electron chi connectivity index (χ1n) is 14.8. The molecule has 0 aliphatic carbocycles. The smallest absolute Gasteiger partial charge is 0.339 e. The lowest BCUT2D eigenvalue weighted by Gasteiger charge is -2.38. The van der Waals surface area contributed by atoms with Crippen molar-refractivity contribution in [2.75, 3.05) is 38.5 Å². The van der Waals surface area contributed by atoms with Gasteiger partial charge in [0.1, 0.15) is 0 Å². The highest BCUT2D eigenvalue weighted by molar-refractivity contribution is 5.94. The third-order valence-corrected chi connectivity index (χ3v) is 8.38. The first kappa shape index (κ1) is 30.5. The predicted octanol–water partition coefficient (Wildman–Crippen LogP) is 5.38. The average Bonchev–Trinajstić information content (AvgIpc) is 3.42. The Hall–Kier alpha value is -3.93. The quantitative estimate of drug-likeness (QED) is 0.376. The normalized spacial score (nSPS) is 16.9. The van der Waals surface area contributed by atoms with Crippen molar-refractivity contribution in [3.63, 3.8) is 0 Å². The van der Waals surface area contributed by atoms with Gasteiger partial charge in [-0.25, -0.2) is 4.52 Å². The van der Waals surface area contributed by atoms with E-state index in [9.17, 15) is 22.8 Å². The van der Waals surface area contributed by atoms with Gasteiger partial charge in [-0.3, -0.25) is 9.59 Å². The minimum absolute atomic E-state index is 0.00594. The highest BCUT2D eigenvalue weighted by atomic mass is 19.4. The molecule has 43 heavy (non-hydrogen) atoms. The molecule has 0 radical (unpaired) electrons. The molecule has 2 aromatic heterocycles. The number of hydrogen-bond acceptors (Lipinski definition) is 6. The number of piperidine rings is 1. The topological polar surface area (TPSA) is 86.1 Å². The number of halogens is 3. The van der Waals surface area contributed by atoms with Crippen molar-refractivity contribution in [3.05, 3.63) is 59.8 Å². The highest BCUT2D eigenvalue weighted by Crippen LogP contribution is 2.28. The van der Waals surface area contributed by atoms with Crippen LogP contribution in [0.3, 0.4) is 0 Å². The molecule has 12 heteroatoms. The van der Waals surface area contributed by atoms with Crippen molar-refractivity contribution < 1.29 is 22.8 Å². The Balaban J connectivity index is 1.21. The molecule has 0 atom stereocenters. The summed E-state index contributed by atoms with van der Waals surface area (Å²) in [6, 6.07) is 11.8. The van der Waals surface area contributed by atoms with Gasteiger partial charge in [-0.2, -0.15) is 18.2 Å². The largest absolute Gasteiger partial charge is 0.389 e. The van der Waals surface area contributed by atoms with Crippen LogP contribution >= 0.6 is 0 Å². The lowest BCUT2D eigenvalue weighted by Crippen LogP contribution is -2.47. The minimum atomic E-state index is -4.34. The fourth-order valence-corrected chi connectivity index (χ4v) is 5.74. The molecule has 0 unspecified atom stereocenters. The van der Waals surface area contributed by atoms with Crippen molar-refractivity contribution in [1.82, 2.24) is 29.3 Å². The Labute approximate surface area is 249 Å². The maximum Gasteiger partial charge on any atom is 0.389 e. The van der Waals surface area contributed by atoms with Crippen molar-refractivity contribution in [1.29, 1.82) is 0 Å². The van der Waals surface area contributed by atoms with Gasteiger partial charge in [-0.05, 0) is 75.1 Å². The van der Waals surface area contributed by atoms with Crippen molar-refractivity contribution in [2.45, 2.75) is 64.2 Å². The van der Waals surface area contributed by atoms with Crippen LogP contribution in [0.1, 0.15) is 61.9 Å². The predicted molar refractivity (Wildman–Crippen MR) is 159 cm³/mol. The van der Waals surface area contributed by atoms with Crippen molar-refractivity contribution in [3.8, 4) is 0 Å². The molecule has 2 amide bonds. The molecule has 4 heterocycles. The van der Waals surface area contributed by atoms with Gasteiger partial charge in [0.2, 0.25) is 11.9 Å². The summed E-state index contributed by atoms with van der Waals surface area (Å²) in [5, 5.41) is 7.74. The first-order valence-corrected chi connectivity index (χ1v) is 14.8. The molecule has 2 aliphatic heterocycles. The van der Waals surface area contributed by atoms with E-state index in [1.54, 1.807) is 22.8 Å². The lowest BCUT2D eigenvalue weighted by atomic mass is 10.00. The summed E-state index contributed by atoms with van der Waals surface area (Å²) in [7, 11) is 1.88. The zero-order chi connectivity index (χ0) is 30.7. The summed E-state index contributed by atoms with van der Waals surface area (Å²) < 4.78 is 39.2. The molecule has 5 rings (SSSR count). The Morgan fingerprint density at radius 3 is 2.44 bits per heavy atom. The Morgan fingerprint density at radius 1 is 1.09 bits per heavy atom. The number of aromatic nitrogens is 3. The Kier molecular flexibility index (Phi) is 9.05. The number of nitrogens with one attached hydrogen (secondary N) is 1. The van der Waals surface area contributed by atoms with E-state index in [4.69, 9.17) is 0 Å². The van der Waals surface area contributed by atoms with Crippen molar-refractivity contribution in [2.24, 2.45) is 0 Å². The van der Waals surface area contributed by atoms with Gasteiger partial charge >= 0.3 is 6.18 Å². The van der Waals surface area contributed by atoms with E-state index < -0.39 is 24.9 Å². The Morgan fingerprint density at radius 2 is 1.81 bits per heavy atom. The van der Waals surface area contributed by atoms with Crippen LogP contribution in [0, 0.1) is 0 Å². The monoisotopic (exact) mass is 597 g/mol. The van der Waals surface area contributed by atoms with E-state index in [1.807, 2.05) is 42.3 Å². The number of amides is 2. The number of benzene rings is 1. The number of pyridine rings is 1. The zero-order valence-corrected chi connectivity index (χ0v) is 24.8. The van der Waals surface area contributed by atoms with E-state index in [1.165, 1.54) is 4.90 Å². The van der Waals surface area contributed by atoms with Crippen molar-refractivity contribution >= 4 is 34.7 Å². The second-order valence-corrected chi connectivity index (χ2v) is 11.5. The fraction of sp³-hybridized carbons (Fsp3) is 0.484. The molecule has 0 bridgehead atoms. The molecule has 2 aliphatic rings. The third kappa shape index (κ3) is 7.35. The molecule has 0 saturated carbocycles. The molecule has 3 aromatic rings. The van der Waals surface area contributed by atoms with Gasteiger partial charge in [-0.15, -0.1) is 5.10 Å². The number of hydrogen-bond donors (Lipinski definition) is 1. The standard InChI is InChI=1S/C31H38F3N7O2/c1-21(2)39-19-13-25(14-20-39)38(3)29(43)23-6-8-24(9-7-23)35-30-36-28-26(5-4-16-41(28)37-30)22-11-17-40(18-12-22)27(42)10-15-31(32,33)34/h4-9,11,16,21,25H,10,12-15,17-20H2,1-3H3,(H,35,37). The van der Waals surface area contributed by atoms with E-state index >= 15 is 0 Å². The number of rotatable bonds is 8. The number of likely N-dealkylation sites (tertiary alicyclic amines) is 1. The molecule has 9 nitrogen and oxygen atoms in total. The second-order valence-electron chi connectivity index (χ2n) is 11.5. The zero-order valence-electron chi connectivity index (χ0n) is 24.8. The van der Waals surface area contributed by atoms with E-state index in [0.29, 0.717) is 36.2 Å². The summed E-state index contributed by atoms with van der Waals surface area (Å²) in [6.45, 7) is 7.00. The summed E-state index contributed by atoms with van der Waals surface area (Å²) in [5.41, 5.74) is 3.82. The number of nitrogens with zero attached hydrogens (tertiary/aromatic N) is 6. The summed E-state index contributed by atoms with van der Waals surface area (Å²) in [5.74, 6) is -0.0986. The maximum atomic E-state index is 13.2. The summed E-state index contributed by atoms with van der Waals surface area (Å²) in [6.07, 6.45) is 0.111. The maximum absolute atomic E-state index is 13.2. The number of carbonyl (C=O) groups excluding carboxylic acids is 2. The second kappa shape index (κ2) is 12.7. The Bertz CT molecular complexity index is 1470. The van der Waals surface area contributed by atoms with Gasteiger partial charge in [0.05, 0.1) is 6.42 Å². The number of anilines is 2. The van der Waals surface area contributed by atoms with Crippen LogP contribution in [-0.2, 0) is 4.79 Å². The molecular formula is C31H38F3N7O2. The third-order valence-electron chi connectivity index (χ3n) is 8.38. The summed E-state index contributed by atoms with van der Waals surface area (Å²) in [4.78, 5) is 35.8. The molecule has 1 saturated heterocycles. The average molecular weight is 598 g/mol. The van der Waals surface area contributed by atoms with E-state index in [0.717, 1.165) is 42.8 Å². The van der Waals surface area contributed by atoms with Crippen LogP contribution in [0.2, 0.25) is 0 Å². The molecule has 1 fully saturated rings. The SMILES string of the molecule is CC(C)N1CCC(N(C)C(=O)c2ccc(Nc3nc4c(C5=CCN(C(=O)CCC(F)(F)F)CC5)cccn4n3)cc2)CC1. The van der Waals surface area contributed by atoms with Crippen LogP contribution in [0.15, 0.2) is 48.7 Å². The van der Waals surface area contributed by atoms with Gasteiger partial charge in [0.25, 0.3) is 5.91 Å². The van der Waals surface area contributed by atoms with Crippen LogP contribution < -0.4 is 5.32 Å². The van der Waals surface area contributed by atoms with Gasteiger partial charge < -0.3 is 20.0 Å². The van der Waals surface area contributed by atoms with Crippen LogP contribution in [-0.4, -0.2) is 92.6 Å². The first-order chi connectivity index (χ1) is 20.5. The lowest BCUT2D eigenvalue weighted by molar-refractivity contribution is -0.148.